The Morgan fingerprint density at radius 1 is 0.897 bits per heavy atom. The molecular weight excluding hydrogens is 376 g/mol. The molecule has 146 valence electrons. The molecule has 0 aromatic heterocycles. The summed E-state index contributed by atoms with van der Waals surface area (Å²) in [5.41, 5.74) is 0.819. The van der Waals surface area contributed by atoms with Gasteiger partial charge in [0.15, 0.2) is 12.4 Å². The molecule has 3 aromatic carbocycles. The molecule has 1 amide bonds. The van der Waals surface area contributed by atoms with Crippen molar-refractivity contribution in [2.75, 3.05) is 11.9 Å². The summed E-state index contributed by atoms with van der Waals surface area (Å²) in [5.74, 6) is -0.835. The van der Waals surface area contributed by atoms with Gasteiger partial charge in [-0.05, 0) is 42.5 Å². The maximum absolute atomic E-state index is 12.2. The number of esters is 1. The number of nitrogens with one attached hydrogen (secondary N) is 1. The molecule has 0 saturated heterocycles. The lowest BCUT2D eigenvalue weighted by atomic mass is 10.2. The van der Waals surface area contributed by atoms with Gasteiger partial charge in [-0.15, -0.1) is 0 Å². The molecule has 0 saturated carbocycles. The molecule has 1 N–H and O–H groups in total. The van der Waals surface area contributed by atoms with E-state index in [2.05, 4.69) is 5.32 Å². The summed E-state index contributed by atoms with van der Waals surface area (Å²) < 4.78 is 10.3. The number of carbonyl (C=O) groups excluding carboxylic acids is 2. The monoisotopic (exact) mass is 392 g/mol. The van der Waals surface area contributed by atoms with Gasteiger partial charge in [-0.1, -0.05) is 30.3 Å². The van der Waals surface area contributed by atoms with E-state index in [1.165, 1.54) is 42.5 Å². The summed E-state index contributed by atoms with van der Waals surface area (Å²) in [5, 5.41) is 13.7. The van der Waals surface area contributed by atoms with E-state index in [1.807, 2.05) is 18.2 Å². The van der Waals surface area contributed by atoms with Crippen molar-refractivity contribution in [1.82, 2.24) is 0 Å². The van der Waals surface area contributed by atoms with Crippen LogP contribution in [0.4, 0.5) is 11.4 Å². The van der Waals surface area contributed by atoms with Crippen molar-refractivity contribution in [2.45, 2.75) is 0 Å². The summed E-state index contributed by atoms with van der Waals surface area (Å²) >= 11 is 0. The van der Waals surface area contributed by atoms with Gasteiger partial charge >= 0.3 is 11.7 Å². The average molecular weight is 392 g/mol. The standard InChI is InChI=1S/C21H16N2O6/c24-20(14-28-19-9-5-4-8-18(19)23(26)27)29-17-12-10-15(11-13-17)21(25)22-16-6-2-1-3-7-16/h1-13H,14H2,(H,22,25). The van der Waals surface area contributed by atoms with Gasteiger partial charge in [-0.25, -0.2) is 4.79 Å². The van der Waals surface area contributed by atoms with Crippen LogP contribution < -0.4 is 14.8 Å². The van der Waals surface area contributed by atoms with Crippen molar-refractivity contribution in [3.05, 3.63) is 94.5 Å². The van der Waals surface area contributed by atoms with Gasteiger partial charge in [0, 0.05) is 17.3 Å². The number of ether oxygens (including phenoxy) is 2. The topological polar surface area (TPSA) is 108 Å². The highest BCUT2D eigenvalue weighted by Gasteiger charge is 2.16. The second kappa shape index (κ2) is 9.14. The predicted molar refractivity (Wildman–Crippen MR) is 105 cm³/mol. The molecule has 8 heteroatoms. The van der Waals surface area contributed by atoms with Crippen molar-refractivity contribution in [2.24, 2.45) is 0 Å². The Morgan fingerprint density at radius 3 is 2.24 bits per heavy atom. The first-order valence-electron chi connectivity index (χ1n) is 8.56. The van der Waals surface area contributed by atoms with Crippen LogP contribution in [-0.2, 0) is 4.79 Å². The molecule has 0 unspecified atom stereocenters. The normalized spacial score (nSPS) is 10.1. The molecule has 0 radical (unpaired) electrons. The zero-order valence-electron chi connectivity index (χ0n) is 15.1. The average Bonchev–Trinajstić information content (AvgIpc) is 2.73. The number of amides is 1. The summed E-state index contributed by atoms with van der Waals surface area (Å²) in [6.45, 7) is -0.499. The molecule has 0 aliphatic rings. The van der Waals surface area contributed by atoms with E-state index in [-0.39, 0.29) is 23.1 Å². The van der Waals surface area contributed by atoms with E-state index in [0.717, 1.165) is 0 Å². The van der Waals surface area contributed by atoms with Gasteiger partial charge < -0.3 is 14.8 Å². The number of benzene rings is 3. The second-order valence-corrected chi connectivity index (χ2v) is 5.83. The zero-order chi connectivity index (χ0) is 20.6. The summed E-state index contributed by atoms with van der Waals surface area (Å²) in [4.78, 5) is 34.5. The number of hydrogen-bond acceptors (Lipinski definition) is 6. The van der Waals surface area contributed by atoms with Crippen LogP contribution in [0.2, 0.25) is 0 Å². The maximum atomic E-state index is 12.2. The second-order valence-electron chi connectivity index (χ2n) is 5.83. The number of rotatable bonds is 7. The third-order valence-electron chi connectivity index (χ3n) is 3.79. The fourth-order valence-corrected chi connectivity index (χ4v) is 2.43. The third-order valence-corrected chi connectivity index (χ3v) is 3.79. The Morgan fingerprint density at radius 2 is 1.55 bits per heavy atom. The van der Waals surface area contributed by atoms with Crippen LogP contribution in [0.25, 0.3) is 0 Å². The van der Waals surface area contributed by atoms with Crippen LogP contribution >= 0.6 is 0 Å². The lowest BCUT2D eigenvalue weighted by molar-refractivity contribution is -0.385. The van der Waals surface area contributed by atoms with Gasteiger partial charge in [0.2, 0.25) is 0 Å². The lowest BCUT2D eigenvalue weighted by Gasteiger charge is -2.08. The molecule has 29 heavy (non-hydrogen) atoms. The van der Waals surface area contributed by atoms with Crippen LogP contribution in [0.3, 0.4) is 0 Å². The number of para-hydroxylation sites is 3. The van der Waals surface area contributed by atoms with E-state index >= 15 is 0 Å². The maximum Gasteiger partial charge on any atom is 0.349 e. The molecule has 0 bridgehead atoms. The highest BCUT2D eigenvalue weighted by Crippen LogP contribution is 2.25. The fraction of sp³-hybridized carbons (Fsp3) is 0.0476. The van der Waals surface area contributed by atoms with E-state index in [4.69, 9.17) is 9.47 Å². The predicted octanol–water partition coefficient (Wildman–Crippen LogP) is 3.83. The molecule has 0 spiro atoms. The van der Waals surface area contributed by atoms with Gasteiger partial charge in [-0.2, -0.15) is 0 Å². The summed E-state index contributed by atoms with van der Waals surface area (Å²) in [6, 6.07) is 20.7. The SMILES string of the molecule is O=C(COc1ccccc1[N+](=O)[O-])Oc1ccc(C(=O)Nc2ccccc2)cc1. The van der Waals surface area contributed by atoms with Crippen LogP contribution in [0.1, 0.15) is 10.4 Å². The zero-order valence-corrected chi connectivity index (χ0v) is 15.1. The van der Waals surface area contributed by atoms with Crippen molar-refractivity contribution in [3.8, 4) is 11.5 Å². The highest BCUT2D eigenvalue weighted by molar-refractivity contribution is 6.04. The van der Waals surface area contributed by atoms with Gasteiger partial charge in [0.05, 0.1) is 4.92 Å². The molecule has 3 rings (SSSR count). The number of nitro benzene ring substituents is 1. The summed E-state index contributed by atoms with van der Waals surface area (Å²) in [7, 11) is 0. The molecular formula is C21H16N2O6. The minimum atomic E-state index is -0.732. The van der Waals surface area contributed by atoms with Crippen molar-refractivity contribution >= 4 is 23.3 Å². The minimum Gasteiger partial charge on any atom is -0.475 e. The van der Waals surface area contributed by atoms with Crippen LogP contribution in [0.5, 0.6) is 11.5 Å². The van der Waals surface area contributed by atoms with Crippen LogP contribution in [0, 0.1) is 10.1 Å². The lowest BCUT2D eigenvalue weighted by Crippen LogP contribution is -2.18. The molecule has 0 aliphatic carbocycles. The van der Waals surface area contributed by atoms with Crippen molar-refractivity contribution in [3.63, 3.8) is 0 Å². The van der Waals surface area contributed by atoms with E-state index in [1.54, 1.807) is 18.2 Å². The number of hydrogen-bond donors (Lipinski definition) is 1. The van der Waals surface area contributed by atoms with Gasteiger partial charge in [-0.3, -0.25) is 14.9 Å². The van der Waals surface area contributed by atoms with Crippen molar-refractivity contribution in [1.29, 1.82) is 0 Å². The van der Waals surface area contributed by atoms with E-state index in [0.29, 0.717) is 11.3 Å². The number of nitrogens with zero attached hydrogens (tertiary/aromatic N) is 1. The molecule has 3 aromatic rings. The molecule has 0 heterocycles. The van der Waals surface area contributed by atoms with Gasteiger partial charge in [0.25, 0.3) is 5.91 Å². The van der Waals surface area contributed by atoms with Crippen LogP contribution in [0.15, 0.2) is 78.9 Å². The van der Waals surface area contributed by atoms with Gasteiger partial charge in [0.1, 0.15) is 5.75 Å². The Kier molecular flexibility index (Phi) is 6.16. The quantitative estimate of drug-likeness (QED) is 0.283. The first kappa shape index (κ1) is 19.6. The number of nitro groups is 1. The Labute approximate surface area is 165 Å². The first-order chi connectivity index (χ1) is 14.0. The smallest absolute Gasteiger partial charge is 0.349 e. The highest BCUT2D eigenvalue weighted by atomic mass is 16.6. The van der Waals surface area contributed by atoms with E-state index < -0.39 is 17.5 Å². The molecule has 0 atom stereocenters. The molecule has 8 nitrogen and oxygen atoms in total. The Hall–Kier alpha value is -4.20. The van der Waals surface area contributed by atoms with Crippen LogP contribution in [-0.4, -0.2) is 23.4 Å². The Balaban J connectivity index is 1.55. The number of carbonyl (C=O) groups is 2. The minimum absolute atomic E-state index is 0.0256. The molecule has 0 aliphatic heterocycles. The van der Waals surface area contributed by atoms with E-state index in [9.17, 15) is 19.7 Å². The fourth-order valence-electron chi connectivity index (χ4n) is 2.43. The summed E-state index contributed by atoms with van der Waals surface area (Å²) in [6.07, 6.45) is 0. The third kappa shape index (κ3) is 5.39. The number of anilines is 1. The Bertz CT molecular complexity index is 1020. The molecule has 0 fully saturated rings. The first-order valence-corrected chi connectivity index (χ1v) is 8.56. The van der Waals surface area contributed by atoms with Crippen molar-refractivity contribution < 1.29 is 24.0 Å². The largest absolute Gasteiger partial charge is 0.475 e.